The van der Waals surface area contributed by atoms with Crippen LogP contribution in [-0.4, -0.2) is 31.8 Å². The number of aryl methyl sites for hydroxylation is 1. The molecule has 0 aliphatic carbocycles. The molecular formula is C21H28N2O3. The number of carbonyl (C=O) groups excluding carboxylic acids is 1. The summed E-state index contributed by atoms with van der Waals surface area (Å²) in [6.45, 7) is 7.50. The predicted octanol–water partition coefficient (Wildman–Crippen LogP) is 3.70. The van der Waals surface area contributed by atoms with Crippen molar-refractivity contribution in [2.24, 2.45) is 0 Å². The van der Waals surface area contributed by atoms with Crippen LogP contribution in [0.25, 0.3) is 0 Å². The Bertz CT molecular complexity index is 684. The van der Waals surface area contributed by atoms with Gasteiger partial charge in [-0.15, -0.1) is 0 Å². The van der Waals surface area contributed by atoms with E-state index in [4.69, 9.17) is 9.47 Å². The van der Waals surface area contributed by atoms with Crippen molar-refractivity contribution in [1.82, 2.24) is 10.6 Å². The van der Waals surface area contributed by atoms with E-state index in [1.54, 1.807) is 0 Å². The van der Waals surface area contributed by atoms with Crippen molar-refractivity contribution >= 4 is 6.03 Å². The van der Waals surface area contributed by atoms with Gasteiger partial charge in [-0.2, -0.15) is 0 Å². The van der Waals surface area contributed by atoms with Crippen LogP contribution in [0.5, 0.6) is 11.5 Å². The maximum absolute atomic E-state index is 11.8. The normalized spacial score (nSPS) is 10.5. The molecule has 2 aromatic rings. The molecule has 0 atom stereocenters. The second kappa shape index (κ2) is 10.3. The lowest BCUT2D eigenvalue weighted by Crippen LogP contribution is -2.38. The van der Waals surface area contributed by atoms with Crippen LogP contribution in [0, 0.1) is 6.92 Å². The minimum atomic E-state index is -0.183. The van der Waals surface area contributed by atoms with Crippen molar-refractivity contribution in [3.8, 4) is 11.5 Å². The summed E-state index contributed by atoms with van der Waals surface area (Å²) in [4.78, 5) is 11.8. The van der Waals surface area contributed by atoms with Crippen molar-refractivity contribution in [2.45, 2.75) is 33.3 Å². The SMILES string of the molecule is Cc1cccc(OCCNC(=O)NCCc2ccc(OC(C)C)cc2)c1. The number of hydrogen-bond acceptors (Lipinski definition) is 3. The van der Waals surface area contributed by atoms with Crippen LogP contribution in [0.3, 0.4) is 0 Å². The summed E-state index contributed by atoms with van der Waals surface area (Å²) in [5.41, 5.74) is 2.31. The third-order valence-electron chi connectivity index (χ3n) is 3.64. The Labute approximate surface area is 155 Å². The molecule has 0 aliphatic heterocycles. The molecule has 2 aromatic carbocycles. The molecule has 26 heavy (non-hydrogen) atoms. The maximum atomic E-state index is 11.8. The van der Waals surface area contributed by atoms with Crippen LogP contribution in [0.15, 0.2) is 48.5 Å². The van der Waals surface area contributed by atoms with Gasteiger partial charge in [-0.05, 0) is 62.6 Å². The molecule has 0 spiro atoms. The third kappa shape index (κ3) is 7.47. The smallest absolute Gasteiger partial charge is 0.314 e. The van der Waals surface area contributed by atoms with Crippen LogP contribution < -0.4 is 20.1 Å². The molecule has 5 heteroatoms. The van der Waals surface area contributed by atoms with E-state index in [-0.39, 0.29) is 12.1 Å². The Hall–Kier alpha value is -2.69. The Morgan fingerprint density at radius 2 is 1.73 bits per heavy atom. The average Bonchev–Trinajstić information content (AvgIpc) is 2.60. The second-order valence-corrected chi connectivity index (χ2v) is 6.41. The largest absolute Gasteiger partial charge is 0.492 e. The van der Waals surface area contributed by atoms with Crippen LogP contribution in [0.2, 0.25) is 0 Å². The highest BCUT2D eigenvalue weighted by atomic mass is 16.5. The number of nitrogens with one attached hydrogen (secondary N) is 2. The van der Waals surface area contributed by atoms with Crippen molar-refractivity contribution in [2.75, 3.05) is 19.7 Å². The summed E-state index contributed by atoms with van der Waals surface area (Å²) in [5.74, 6) is 1.68. The molecule has 0 saturated carbocycles. The molecule has 0 heterocycles. The summed E-state index contributed by atoms with van der Waals surface area (Å²) in [7, 11) is 0. The predicted molar refractivity (Wildman–Crippen MR) is 104 cm³/mol. The molecule has 0 saturated heterocycles. The fourth-order valence-corrected chi connectivity index (χ4v) is 2.43. The fourth-order valence-electron chi connectivity index (χ4n) is 2.43. The van der Waals surface area contributed by atoms with Gasteiger partial charge in [0.25, 0.3) is 0 Å². The lowest BCUT2D eigenvalue weighted by molar-refractivity contribution is 0.236. The first-order chi connectivity index (χ1) is 12.5. The van der Waals surface area contributed by atoms with Gasteiger partial charge in [0.1, 0.15) is 18.1 Å². The minimum Gasteiger partial charge on any atom is -0.492 e. The van der Waals surface area contributed by atoms with Crippen molar-refractivity contribution < 1.29 is 14.3 Å². The van der Waals surface area contributed by atoms with Gasteiger partial charge in [0, 0.05) is 6.54 Å². The number of carbonyl (C=O) groups is 1. The molecule has 2 N–H and O–H groups in total. The lowest BCUT2D eigenvalue weighted by Gasteiger charge is -2.11. The molecule has 5 nitrogen and oxygen atoms in total. The van der Waals surface area contributed by atoms with Gasteiger partial charge in [-0.3, -0.25) is 0 Å². The van der Waals surface area contributed by atoms with E-state index in [1.165, 1.54) is 0 Å². The van der Waals surface area contributed by atoms with Crippen LogP contribution in [0.1, 0.15) is 25.0 Å². The fraction of sp³-hybridized carbons (Fsp3) is 0.381. The topological polar surface area (TPSA) is 59.6 Å². The second-order valence-electron chi connectivity index (χ2n) is 6.41. The van der Waals surface area contributed by atoms with E-state index < -0.39 is 0 Å². The summed E-state index contributed by atoms with van der Waals surface area (Å²) >= 11 is 0. The molecule has 0 aromatic heterocycles. The van der Waals surface area contributed by atoms with Crippen LogP contribution >= 0.6 is 0 Å². The van der Waals surface area contributed by atoms with Gasteiger partial charge in [-0.1, -0.05) is 24.3 Å². The van der Waals surface area contributed by atoms with Crippen molar-refractivity contribution in [3.63, 3.8) is 0 Å². The zero-order chi connectivity index (χ0) is 18.8. The molecule has 2 amide bonds. The monoisotopic (exact) mass is 356 g/mol. The summed E-state index contributed by atoms with van der Waals surface area (Å²) < 4.78 is 11.2. The number of amides is 2. The van der Waals surface area contributed by atoms with E-state index in [9.17, 15) is 4.79 Å². The zero-order valence-corrected chi connectivity index (χ0v) is 15.7. The Morgan fingerprint density at radius 3 is 2.42 bits per heavy atom. The van der Waals surface area contributed by atoms with Gasteiger partial charge in [0.2, 0.25) is 0 Å². The molecule has 0 fully saturated rings. The Kier molecular flexibility index (Phi) is 7.80. The summed E-state index contributed by atoms with van der Waals surface area (Å²) in [6.07, 6.45) is 0.941. The van der Waals surface area contributed by atoms with Crippen molar-refractivity contribution in [3.05, 3.63) is 59.7 Å². The zero-order valence-electron chi connectivity index (χ0n) is 15.7. The number of benzene rings is 2. The molecule has 0 radical (unpaired) electrons. The Morgan fingerprint density at radius 1 is 1.00 bits per heavy atom. The number of hydrogen-bond donors (Lipinski definition) is 2. The van der Waals surface area contributed by atoms with E-state index in [0.29, 0.717) is 19.7 Å². The molecule has 0 aliphatic rings. The number of rotatable bonds is 9. The molecule has 0 bridgehead atoms. The van der Waals surface area contributed by atoms with E-state index >= 15 is 0 Å². The molecule has 140 valence electrons. The van der Waals surface area contributed by atoms with Gasteiger partial charge >= 0.3 is 6.03 Å². The highest BCUT2D eigenvalue weighted by molar-refractivity contribution is 5.73. The quantitative estimate of drug-likeness (QED) is 0.674. The summed E-state index contributed by atoms with van der Waals surface area (Å²) in [5, 5.41) is 5.64. The standard InChI is InChI=1S/C21H28N2O3/c1-16(2)26-19-9-7-18(8-10-19)11-12-22-21(24)23-13-14-25-20-6-4-5-17(3)15-20/h4-10,15-16H,11-14H2,1-3H3,(H2,22,23,24). The number of urea groups is 1. The van der Waals surface area contributed by atoms with E-state index in [0.717, 1.165) is 29.0 Å². The van der Waals surface area contributed by atoms with Crippen molar-refractivity contribution in [1.29, 1.82) is 0 Å². The first kappa shape index (κ1) is 19.6. The first-order valence-corrected chi connectivity index (χ1v) is 8.99. The first-order valence-electron chi connectivity index (χ1n) is 8.99. The highest BCUT2D eigenvalue weighted by Gasteiger charge is 2.01. The van der Waals surface area contributed by atoms with E-state index in [2.05, 4.69) is 10.6 Å². The van der Waals surface area contributed by atoms with Crippen LogP contribution in [-0.2, 0) is 6.42 Å². The maximum Gasteiger partial charge on any atom is 0.314 e. The lowest BCUT2D eigenvalue weighted by atomic mass is 10.1. The highest BCUT2D eigenvalue weighted by Crippen LogP contribution is 2.14. The summed E-state index contributed by atoms with van der Waals surface area (Å²) in [6, 6.07) is 15.6. The number of ether oxygens (including phenoxy) is 2. The van der Waals surface area contributed by atoms with Gasteiger partial charge in [0.15, 0.2) is 0 Å². The van der Waals surface area contributed by atoms with Crippen LogP contribution in [0.4, 0.5) is 4.79 Å². The molecule has 0 unspecified atom stereocenters. The van der Waals surface area contributed by atoms with Gasteiger partial charge in [0.05, 0.1) is 12.6 Å². The van der Waals surface area contributed by atoms with Gasteiger partial charge < -0.3 is 20.1 Å². The van der Waals surface area contributed by atoms with E-state index in [1.807, 2.05) is 69.3 Å². The third-order valence-corrected chi connectivity index (χ3v) is 3.64. The molecule has 2 rings (SSSR count). The average molecular weight is 356 g/mol. The molecular weight excluding hydrogens is 328 g/mol. The van der Waals surface area contributed by atoms with Gasteiger partial charge in [-0.25, -0.2) is 4.79 Å². The minimum absolute atomic E-state index is 0.168. The Balaban J connectivity index is 1.58.